The van der Waals surface area contributed by atoms with Crippen molar-refractivity contribution in [3.05, 3.63) is 35.4 Å². The first-order valence-corrected chi connectivity index (χ1v) is 8.60. The van der Waals surface area contributed by atoms with Gasteiger partial charge in [-0.3, -0.25) is 9.69 Å². The van der Waals surface area contributed by atoms with Gasteiger partial charge in [0, 0.05) is 39.3 Å². The summed E-state index contributed by atoms with van der Waals surface area (Å²) in [5.41, 5.74) is -1.09. The number of hydrogen-bond acceptors (Lipinski definition) is 4. The third-order valence-corrected chi connectivity index (χ3v) is 3.93. The van der Waals surface area contributed by atoms with Gasteiger partial charge >= 0.3 is 6.09 Å². The lowest BCUT2D eigenvalue weighted by Crippen LogP contribution is -2.51. The molecule has 1 aliphatic rings. The van der Waals surface area contributed by atoms with Crippen LogP contribution in [0.1, 0.15) is 31.1 Å². The Kier molecular flexibility index (Phi) is 6.52. The second-order valence-corrected chi connectivity index (χ2v) is 7.16. The number of piperazine rings is 1. The Hall–Kier alpha value is -2.22. The van der Waals surface area contributed by atoms with Crippen LogP contribution >= 0.6 is 0 Å². The molecule has 0 atom stereocenters. The molecule has 0 unspecified atom stereocenters. The number of carbonyl (C=O) groups is 2. The molecule has 2 rings (SSSR count). The molecule has 0 saturated carbocycles. The minimum atomic E-state index is -0.881. The number of nitrogens with zero attached hydrogens (tertiary/aromatic N) is 2. The van der Waals surface area contributed by atoms with E-state index >= 15 is 0 Å². The predicted octanol–water partition coefficient (Wildman–Crippen LogP) is 2.25. The van der Waals surface area contributed by atoms with Gasteiger partial charge in [-0.25, -0.2) is 13.6 Å². The van der Waals surface area contributed by atoms with Gasteiger partial charge in [0.15, 0.2) is 0 Å². The summed E-state index contributed by atoms with van der Waals surface area (Å²) in [4.78, 5) is 27.6. The maximum atomic E-state index is 13.6. The third-order valence-electron chi connectivity index (χ3n) is 3.93. The molecule has 0 bridgehead atoms. The Bertz CT molecular complexity index is 633. The first kappa shape index (κ1) is 20.1. The number of hydrogen-bond donors (Lipinski definition) is 1. The van der Waals surface area contributed by atoms with E-state index in [4.69, 9.17) is 4.74 Å². The van der Waals surface area contributed by atoms with Crippen LogP contribution in [0.5, 0.6) is 0 Å². The molecule has 1 saturated heterocycles. The molecule has 0 spiro atoms. The first-order valence-electron chi connectivity index (χ1n) is 8.60. The van der Waals surface area contributed by atoms with E-state index in [1.807, 2.05) is 20.8 Å². The number of nitrogens with one attached hydrogen (secondary N) is 1. The van der Waals surface area contributed by atoms with Crippen LogP contribution in [0.4, 0.5) is 13.6 Å². The van der Waals surface area contributed by atoms with Crippen molar-refractivity contribution in [2.24, 2.45) is 0 Å². The maximum absolute atomic E-state index is 13.6. The van der Waals surface area contributed by atoms with Crippen molar-refractivity contribution in [3.63, 3.8) is 0 Å². The molecule has 26 heavy (non-hydrogen) atoms. The van der Waals surface area contributed by atoms with E-state index < -0.39 is 28.7 Å². The quantitative estimate of drug-likeness (QED) is 0.884. The topological polar surface area (TPSA) is 61.9 Å². The van der Waals surface area contributed by atoms with Gasteiger partial charge in [0.05, 0.1) is 0 Å². The summed E-state index contributed by atoms with van der Waals surface area (Å²) in [5, 5.41) is 2.53. The molecule has 144 valence electrons. The molecule has 1 fully saturated rings. The van der Waals surface area contributed by atoms with Crippen molar-refractivity contribution < 1.29 is 23.1 Å². The number of halogens is 2. The summed E-state index contributed by atoms with van der Waals surface area (Å²) in [6.45, 7) is 8.61. The fourth-order valence-corrected chi connectivity index (χ4v) is 2.61. The molecule has 2 amide bonds. The Morgan fingerprint density at radius 3 is 2.23 bits per heavy atom. The molecular weight excluding hydrogens is 344 g/mol. The van der Waals surface area contributed by atoms with Crippen molar-refractivity contribution in [3.8, 4) is 0 Å². The lowest BCUT2D eigenvalue weighted by Gasteiger charge is -2.35. The lowest BCUT2D eigenvalue weighted by atomic mass is 10.2. The molecule has 0 radical (unpaired) electrons. The molecule has 1 N–H and O–H groups in total. The van der Waals surface area contributed by atoms with Gasteiger partial charge in [-0.2, -0.15) is 0 Å². The third kappa shape index (κ3) is 5.66. The fraction of sp³-hybridized carbons (Fsp3) is 0.556. The van der Waals surface area contributed by atoms with Crippen LogP contribution < -0.4 is 5.32 Å². The fourth-order valence-electron chi connectivity index (χ4n) is 2.61. The normalized spacial score (nSPS) is 15.7. The molecule has 1 aliphatic heterocycles. The highest BCUT2D eigenvalue weighted by atomic mass is 19.1. The molecule has 1 aromatic rings. The minimum Gasteiger partial charge on any atom is -0.444 e. The average molecular weight is 369 g/mol. The van der Waals surface area contributed by atoms with E-state index in [-0.39, 0.29) is 12.6 Å². The second kappa shape index (κ2) is 8.44. The van der Waals surface area contributed by atoms with Gasteiger partial charge in [0.2, 0.25) is 0 Å². The summed E-state index contributed by atoms with van der Waals surface area (Å²) in [6, 6.07) is 3.31. The summed E-state index contributed by atoms with van der Waals surface area (Å²) in [7, 11) is 0. The Morgan fingerprint density at radius 2 is 1.69 bits per heavy atom. The Labute approximate surface area is 152 Å². The van der Waals surface area contributed by atoms with Crippen LogP contribution in [0.25, 0.3) is 0 Å². The molecular formula is C18H25F2N3O3. The van der Waals surface area contributed by atoms with E-state index in [1.54, 1.807) is 4.90 Å². The molecule has 8 heteroatoms. The molecule has 0 aliphatic carbocycles. The zero-order chi connectivity index (χ0) is 19.3. The number of rotatable bonds is 4. The van der Waals surface area contributed by atoms with Gasteiger partial charge in [0.1, 0.15) is 22.8 Å². The maximum Gasteiger partial charge on any atom is 0.410 e. The molecule has 0 aromatic heterocycles. The van der Waals surface area contributed by atoms with E-state index in [1.165, 1.54) is 6.07 Å². The summed E-state index contributed by atoms with van der Waals surface area (Å²) >= 11 is 0. The Morgan fingerprint density at radius 1 is 1.12 bits per heavy atom. The number of amides is 2. The van der Waals surface area contributed by atoms with Crippen molar-refractivity contribution >= 4 is 12.0 Å². The zero-order valence-electron chi connectivity index (χ0n) is 15.3. The highest BCUT2D eigenvalue weighted by Crippen LogP contribution is 2.13. The van der Waals surface area contributed by atoms with E-state index in [2.05, 4.69) is 10.2 Å². The smallest absolute Gasteiger partial charge is 0.410 e. The lowest BCUT2D eigenvalue weighted by molar-refractivity contribution is 0.0147. The van der Waals surface area contributed by atoms with Gasteiger partial charge in [0.25, 0.3) is 5.91 Å². The number of benzene rings is 1. The minimum absolute atomic E-state index is 0.263. The van der Waals surface area contributed by atoms with Crippen molar-refractivity contribution in [1.82, 2.24) is 15.1 Å². The first-order chi connectivity index (χ1) is 12.2. The highest BCUT2D eigenvalue weighted by Gasteiger charge is 2.25. The van der Waals surface area contributed by atoms with Crippen LogP contribution in [-0.4, -0.2) is 66.7 Å². The van der Waals surface area contributed by atoms with Gasteiger partial charge in [-0.05, 0) is 32.9 Å². The summed E-state index contributed by atoms with van der Waals surface area (Å²) in [5.74, 6) is -2.53. The zero-order valence-corrected chi connectivity index (χ0v) is 15.3. The summed E-state index contributed by atoms with van der Waals surface area (Å²) in [6.07, 6.45) is -0.333. The summed E-state index contributed by atoms with van der Waals surface area (Å²) < 4.78 is 32.5. The molecule has 1 heterocycles. The largest absolute Gasteiger partial charge is 0.444 e. The van der Waals surface area contributed by atoms with Gasteiger partial charge in [-0.15, -0.1) is 0 Å². The SMILES string of the molecule is CC(C)(C)OC(=O)N1CCN(CCNC(=O)c2c(F)cccc2F)CC1. The van der Waals surface area contributed by atoms with Crippen LogP contribution in [0.3, 0.4) is 0 Å². The average Bonchev–Trinajstić information content (AvgIpc) is 2.53. The van der Waals surface area contributed by atoms with E-state index in [9.17, 15) is 18.4 Å². The predicted molar refractivity (Wildman–Crippen MR) is 92.9 cm³/mol. The molecule has 6 nitrogen and oxygen atoms in total. The van der Waals surface area contributed by atoms with Crippen LogP contribution in [0.2, 0.25) is 0 Å². The van der Waals surface area contributed by atoms with Crippen molar-refractivity contribution in [1.29, 1.82) is 0 Å². The van der Waals surface area contributed by atoms with E-state index in [0.29, 0.717) is 32.7 Å². The van der Waals surface area contributed by atoms with Crippen molar-refractivity contribution in [2.75, 3.05) is 39.3 Å². The number of carbonyl (C=O) groups excluding carboxylic acids is 2. The number of ether oxygens (including phenoxy) is 1. The van der Waals surface area contributed by atoms with Gasteiger partial charge < -0.3 is 15.0 Å². The van der Waals surface area contributed by atoms with Crippen molar-refractivity contribution in [2.45, 2.75) is 26.4 Å². The Balaban J connectivity index is 1.74. The van der Waals surface area contributed by atoms with E-state index in [0.717, 1.165) is 12.1 Å². The van der Waals surface area contributed by atoms with Crippen LogP contribution in [0.15, 0.2) is 18.2 Å². The second-order valence-electron chi connectivity index (χ2n) is 7.16. The van der Waals surface area contributed by atoms with Gasteiger partial charge in [-0.1, -0.05) is 6.07 Å². The standard InChI is InChI=1S/C18H25F2N3O3/c1-18(2,3)26-17(25)23-11-9-22(10-12-23)8-7-21-16(24)15-13(19)5-4-6-14(15)20/h4-6H,7-12H2,1-3H3,(H,21,24). The van der Waals surface area contributed by atoms with Crippen LogP contribution in [-0.2, 0) is 4.74 Å². The molecule has 1 aromatic carbocycles. The van der Waals surface area contributed by atoms with Crippen LogP contribution in [0, 0.1) is 11.6 Å². The monoisotopic (exact) mass is 369 g/mol. The highest BCUT2D eigenvalue weighted by molar-refractivity contribution is 5.94.